The Morgan fingerprint density at radius 3 is 2.79 bits per heavy atom. The van der Waals surface area contributed by atoms with Crippen molar-refractivity contribution >= 4 is 28.5 Å². The molecule has 1 aromatic carbocycles. The standard InChI is InChI=1S/C13H14ClN3O2/c14-3-7-19-8-6-17-13(18)10-1-2-11-12(9-10)16-5-4-15-11/h1-2,4-5,9H,3,6-8H2,(H,17,18). The van der Waals surface area contributed by atoms with Gasteiger partial charge in [0.15, 0.2) is 0 Å². The second-order valence-electron chi connectivity index (χ2n) is 3.82. The van der Waals surface area contributed by atoms with E-state index in [4.69, 9.17) is 16.3 Å². The van der Waals surface area contributed by atoms with Crippen molar-refractivity contribution in [1.29, 1.82) is 0 Å². The van der Waals surface area contributed by atoms with Gasteiger partial charge in [0.1, 0.15) is 0 Å². The summed E-state index contributed by atoms with van der Waals surface area (Å²) in [4.78, 5) is 20.2. The maximum Gasteiger partial charge on any atom is 0.251 e. The fourth-order valence-corrected chi connectivity index (χ4v) is 1.71. The maximum atomic E-state index is 11.9. The first-order valence-electron chi connectivity index (χ1n) is 5.94. The molecule has 0 bridgehead atoms. The van der Waals surface area contributed by atoms with Gasteiger partial charge < -0.3 is 10.1 Å². The number of hydrogen-bond acceptors (Lipinski definition) is 4. The molecule has 1 N–H and O–H groups in total. The largest absolute Gasteiger partial charge is 0.378 e. The van der Waals surface area contributed by atoms with E-state index in [-0.39, 0.29) is 5.91 Å². The van der Waals surface area contributed by atoms with Crippen LogP contribution < -0.4 is 5.32 Å². The van der Waals surface area contributed by atoms with E-state index in [1.807, 2.05) is 0 Å². The van der Waals surface area contributed by atoms with Gasteiger partial charge in [-0.2, -0.15) is 0 Å². The second kappa shape index (κ2) is 7.01. The highest BCUT2D eigenvalue weighted by Gasteiger charge is 2.06. The van der Waals surface area contributed by atoms with Gasteiger partial charge in [-0.1, -0.05) is 0 Å². The number of hydrogen-bond donors (Lipinski definition) is 1. The highest BCUT2D eigenvalue weighted by atomic mass is 35.5. The summed E-state index contributed by atoms with van der Waals surface area (Å²) in [5.74, 6) is 0.305. The smallest absolute Gasteiger partial charge is 0.251 e. The maximum absolute atomic E-state index is 11.9. The molecule has 19 heavy (non-hydrogen) atoms. The Kier molecular flexibility index (Phi) is 5.06. The molecule has 0 radical (unpaired) electrons. The van der Waals surface area contributed by atoms with Gasteiger partial charge in [-0.25, -0.2) is 0 Å². The molecule has 2 rings (SSSR count). The summed E-state index contributed by atoms with van der Waals surface area (Å²) in [5.41, 5.74) is 2.03. The number of ether oxygens (including phenoxy) is 1. The first-order chi connectivity index (χ1) is 9.31. The van der Waals surface area contributed by atoms with Crippen molar-refractivity contribution in [3.05, 3.63) is 36.2 Å². The third kappa shape index (κ3) is 3.87. The molecule has 1 amide bonds. The Hall–Kier alpha value is -1.72. The summed E-state index contributed by atoms with van der Waals surface area (Å²) < 4.78 is 5.17. The van der Waals surface area contributed by atoms with Crippen molar-refractivity contribution in [2.45, 2.75) is 0 Å². The van der Waals surface area contributed by atoms with E-state index in [0.29, 0.717) is 36.7 Å². The summed E-state index contributed by atoms with van der Waals surface area (Å²) in [5, 5.41) is 2.77. The van der Waals surface area contributed by atoms with Crippen molar-refractivity contribution in [3.8, 4) is 0 Å². The third-order valence-electron chi connectivity index (χ3n) is 2.48. The van der Waals surface area contributed by atoms with Crippen LogP contribution in [0.3, 0.4) is 0 Å². The number of nitrogens with zero attached hydrogens (tertiary/aromatic N) is 2. The molecule has 0 spiro atoms. The molecule has 5 nitrogen and oxygen atoms in total. The Morgan fingerprint density at radius 1 is 1.21 bits per heavy atom. The average Bonchev–Trinajstić information content (AvgIpc) is 2.46. The van der Waals surface area contributed by atoms with Crippen molar-refractivity contribution in [1.82, 2.24) is 15.3 Å². The SMILES string of the molecule is O=C(NCCOCCCl)c1ccc2nccnc2c1. The summed E-state index contributed by atoms with van der Waals surface area (Å²) >= 11 is 5.47. The molecule has 100 valence electrons. The molecular weight excluding hydrogens is 266 g/mol. The van der Waals surface area contributed by atoms with Crippen LogP contribution in [0, 0.1) is 0 Å². The minimum absolute atomic E-state index is 0.151. The molecule has 1 heterocycles. The number of amides is 1. The van der Waals surface area contributed by atoms with E-state index >= 15 is 0 Å². The first-order valence-corrected chi connectivity index (χ1v) is 6.47. The monoisotopic (exact) mass is 279 g/mol. The van der Waals surface area contributed by atoms with E-state index in [1.54, 1.807) is 30.6 Å². The van der Waals surface area contributed by atoms with Gasteiger partial charge >= 0.3 is 0 Å². The van der Waals surface area contributed by atoms with E-state index in [0.717, 1.165) is 5.52 Å². The molecule has 0 aliphatic rings. The summed E-state index contributed by atoms with van der Waals surface area (Å²) in [6.45, 7) is 1.39. The molecule has 2 aromatic rings. The zero-order valence-electron chi connectivity index (χ0n) is 10.3. The lowest BCUT2D eigenvalue weighted by atomic mass is 10.2. The molecular formula is C13H14ClN3O2. The molecule has 0 atom stereocenters. The van der Waals surface area contributed by atoms with E-state index in [1.165, 1.54) is 0 Å². The molecule has 1 aromatic heterocycles. The van der Waals surface area contributed by atoms with Crippen molar-refractivity contribution in [2.24, 2.45) is 0 Å². The van der Waals surface area contributed by atoms with Crippen LogP contribution in [0.15, 0.2) is 30.6 Å². The van der Waals surface area contributed by atoms with Crippen LogP contribution in [0.5, 0.6) is 0 Å². The predicted molar refractivity (Wildman–Crippen MR) is 73.4 cm³/mol. The zero-order valence-corrected chi connectivity index (χ0v) is 11.1. The fraction of sp³-hybridized carbons (Fsp3) is 0.308. The highest BCUT2D eigenvalue weighted by Crippen LogP contribution is 2.10. The zero-order chi connectivity index (χ0) is 13.5. The lowest BCUT2D eigenvalue weighted by molar-refractivity contribution is 0.0923. The van der Waals surface area contributed by atoms with Crippen LogP contribution in [0.1, 0.15) is 10.4 Å². The van der Waals surface area contributed by atoms with E-state index in [2.05, 4.69) is 15.3 Å². The molecule has 0 fully saturated rings. The molecule has 0 saturated heterocycles. The Morgan fingerprint density at radius 2 is 2.00 bits per heavy atom. The van der Waals surface area contributed by atoms with Gasteiger partial charge in [0.2, 0.25) is 0 Å². The van der Waals surface area contributed by atoms with Crippen LogP contribution in [0.25, 0.3) is 11.0 Å². The van der Waals surface area contributed by atoms with Gasteiger partial charge in [0, 0.05) is 30.4 Å². The van der Waals surface area contributed by atoms with E-state index < -0.39 is 0 Å². The van der Waals surface area contributed by atoms with Gasteiger partial charge in [0.05, 0.1) is 24.2 Å². The second-order valence-corrected chi connectivity index (χ2v) is 4.20. The molecule has 0 saturated carbocycles. The minimum atomic E-state index is -0.151. The third-order valence-corrected chi connectivity index (χ3v) is 2.64. The molecule has 6 heteroatoms. The number of halogens is 1. The number of benzene rings is 1. The van der Waals surface area contributed by atoms with Crippen molar-refractivity contribution in [2.75, 3.05) is 25.6 Å². The predicted octanol–water partition coefficient (Wildman–Crippen LogP) is 1.61. The van der Waals surface area contributed by atoms with E-state index in [9.17, 15) is 4.79 Å². The Labute approximate surface area is 116 Å². The number of carbonyl (C=O) groups is 1. The van der Waals surface area contributed by atoms with Crippen molar-refractivity contribution in [3.63, 3.8) is 0 Å². The molecule has 0 aliphatic heterocycles. The van der Waals surface area contributed by atoms with Crippen molar-refractivity contribution < 1.29 is 9.53 Å². The lowest BCUT2D eigenvalue weighted by Gasteiger charge is -2.06. The van der Waals surface area contributed by atoms with Gasteiger partial charge in [-0.3, -0.25) is 14.8 Å². The average molecular weight is 280 g/mol. The van der Waals surface area contributed by atoms with Gasteiger partial charge in [0.25, 0.3) is 5.91 Å². The highest BCUT2D eigenvalue weighted by molar-refractivity contribution is 6.17. The molecule has 0 unspecified atom stereocenters. The van der Waals surface area contributed by atoms with Crippen LogP contribution in [0.2, 0.25) is 0 Å². The van der Waals surface area contributed by atoms with Gasteiger partial charge in [-0.15, -0.1) is 11.6 Å². The first kappa shape index (κ1) is 13.7. The number of aromatic nitrogens is 2. The number of fused-ring (bicyclic) bond motifs is 1. The minimum Gasteiger partial charge on any atom is -0.378 e. The number of carbonyl (C=O) groups excluding carboxylic acids is 1. The summed E-state index contributed by atoms with van der Waals surface area (Å²) in [6, 6.07) is 5.23. The quantitative estimate of drug-likeness (QED) is 0.645. The lowest BCUT2D eigenvalue weighted by Crippen LogP contribution is -2.27. The summed E-state index contributed by atoms with van der Waals surface area (Å²) in [6.07, 6.45) is 3.22. The van der Waals surface area contributed by atoms with Crippen LogP contribution >= 0.6 is 11.6 Å². The van der Waals surface area contributed by atoms with Crippen LogP contribution in [-0.2, 0) is 4.74 Å². The number of nitrogens with one attached hydrogen (secondary N) is 1. The normalized spacial score (nSPS) is 10.6. The van der Waals surface area contributed by atoms with Crippen LogP contribution in [0.4, 0.5) is 0 Å². The Balaban J connectivity index is 1.93. The van der Waals surface area contributed by atoms with Gasteiger partial charge in [-0.05, 0) is 18.2 Å². The fourth-order valence-electron chi connectivity index (χ4n) is 1.60. The molecule has 0 aliphatic carbocycles. The summed E-state index contributed by atoms with van der Waals surface area (Å²) in [7, 11) is 0. The Bertz CT molecular complexity index is 562. The topological polar surface area (TPSA) is 64.1 Å². The number of rotatable bonds is 6. The number of alkyl halides is 1. The van der Waals surface area contributed by atoms with Crippen LogP contribution in [-0.4, -0.2) is 41.5 Å².